The Morgan fingerprint density at radius 2 is 2.00 bits per heavy atom. The predicted molar refractivity (Wildman–Crippen MR) is 98.4 cm³/mol. The quantitative estimate of drug-likeness (QED) is 0.679. The van der Waals surface area contributed by atoms with Crippen molar-refractivity contribution in [3.05, 3.63) is 69.8 Å². The fraction of sp³-hybridized carbons (Fsp3) is 0.105. The zero-order valence-corrected chi connectivity index (χ0v) is 14.2. The molecule has 0 saturated heterocycles. The van der Waals surface area contributed by atoms with Crippen molar-refractivity contribution in [1.29, 1.82) is 0 Å². The van der Waals surface area contributed by atoms with Crippen molar-refractivity contribution in [1.82, 2.24) is 10.3 Å². The lowest BCUT2D eigenvalue weighted by Crippen LogP contribution is -2.23. The average Bonchev–Trinajstić information content (AvgIpc) is 2.97. The zero-order chi connectivity index (χ0) is 16.9. The third-order valence-electron chi connectivity index (χ3n) is 3.60. The molecule has 0 saturated carbocycles. The molecule has 0 bridgehead atoms. The molecule has 1 amide bonds. The summed E-state index contributed by atoms with van der Waals surface area (Å²) in [7, 11) is 0. The van der Waals surface area contributed by atoms with E-state index in [2.05, 4.69) is 28.2 Å². The Kier molecular flexibility index (Phi) is 5.10. The van der Waals surface area contributed by atoms with Gasteiger partial charge < -0.3 is 10.3 Å². The lowest BCUT2D eigenvalue weighted by molar-refractivity contribution is -0.115. The summed E-state index contributed by atoms with van der Waals surface area (Å²) in [5.74, 6) is 4.96. The SMILES string of the molecule is O=C(C#Cc1ccc(Cl)cc1Cl)NCCc1c[nH]c2ccccc12. The Morgan fingerprint density at radius 3 is 2.83 bits per heavy atom. The number of rotatable bonds is 3. The number of para-hydroxylation sites is 1. The molecule has 5 heteroatoms. The first-order valence-corrected chi connectivity index (χ1v) is 8.19. The smallest absolute Gasteiger partial charge is 0.296 e. The maximum Gasteiger partial charge on any atom is 0.296 e. The van der Waals surface area contributed by atoms with Crippen LogP contribution in [0, 0.1) is 11.8 Å². The summed E-state index contributed by atoms with van der Waals surface area (Å²) in [5.41, 5.74) is 2.84. The van der Waals surface area contributed by atoms with Crippen LogP contribution in [0.25, 0.3) is 10.9 Å². The monoisotopic (exact) mass is 356 g/mol. The lowest BCUT2D eigenvalue weighted by atomic mass is 10.1. The van der Waals surface area contributed by atoms with Gasteiger partial charge in [-0.15, -0.1) is 0 Å². The Balaban J connectivity index is 1.57. The summed E-state index contributed by atoms with van der Waals surface area (Å²) in [6.07, 6.45) is 2.70. The van der Waals surface area contributed by atoms with Gasteiger partial charge in [-0.1, -0.05) is 47.3 Å². The minimum absolute atomic E-state index is 0.333. The fourth-order valence-electron chi connectivity index (χ4n) is 2.41. The molecule has 1 aromatic heterocycles. The molecule has 3 aromatic rings. The number of benzene rings is 2. The number of hydrogen-bond acceptors (Lipinski definition) is 1. The van der Waals surface area contributed by atoms with E-state index in [4.69, 9.17) is 23.2 Å². The highest BCUT2D eigenvalue weighted by atomic mass is 35.5. The molecule has 1 heterocycles. The molecular formula is C19H14Cl2N2O. The highest BCUT2D eigenvalue weighted by Crippen LogP contribution is 2.20. The van der Waals surface area contributed by atoms with Gasteiger partial charge in [0.15, 0.2) is 0 Å². The Bertz CT molecular complexity index is 951. The third kappa shape index (κ3) is 3.91. The van der Waals surface area contributed by atoms with Gasteiger partial charge in [0, 0.05) is 40.2 Å². The topological polar surface area (TPSA) is 44.9 Å². The first-order chi connectivity index (χ1) is 11.6. The molecule has 0 aliphatic heterocycles. The molecule has 2 N–H and O–H groups in total. The van der Waals surface area contributed by atoms with Crippen LogP contribution in [0.2, 0.25) is 10.0 Å². The van der Waals surface area contributed by atoms with Gasteiger partial charge in [0.05, 0.1) is 5.02 Å². The van der Waals surface area contributed by atoms with Crippen molar-refractivity contribution in [3.63, 3.8) is 0 Å². The van der Waals surface area contributed by atoms with Crippen molar-refractivity contribution >= 4 is 40.0 Å². The molecule has 24 heavy (non-hydrogen) atoms. The van der Waals surface area contributed by atoms with Gasteiger partial charge in [0.25, 0.3) is 5.91 Å². The van der Waals surface area contributed by atoms with Crippen LogP contribution in [0.5, 0.6) is 0 Å². The second-order valence-corrected chi connectivity index (χ2v) is 6.08. The summed E-state index contributed by atoms with van der Waals surface area (Å²) < 4.78 is 0. The van der Waals surface area contributed by atoms with Crippen LogP contribution in [0.1, 0.15) is 11.1 Å². The summed E-state index contributed by atoms with van der Waals surface area (Å²) in [6.45, 7) is 0.518. The van der Waals surface area contributed by atoms with E-state index in [0.717, 1.165) is 11.9 Å². The number of aromatic amines is 1. The van der Waals surface area contributed by atoms with E-state index in [9.17, 15) is 4.79 Å². The Labute approximate surface area is 150 Å². The van der Waals surface area contributed by atoms with Crippen molar-refractivity contribution in [2.24, 2.45) is 0 Å². The molecule has 0 spiro atoms. The number of aromatic nitrogens is 1. The Hall–Kier alpha value is -2.41. The van der Waals surface area contributed by atoms with Crippen molar-refractivity contribution in [3.8, 4) is 11.8 Å². The van der Waals surface area contributed by atoms with E-state index in [0.29, 0.717) is 22.2 Å². The van der Waals surface area contributed by atoms with E-state index in [1.807, 2.05) is 24.4 Å². The van der Waals surface area contributed by atoms with Gasteiger partial charge >= 0.3 is 0 Å². The van der Waals surface area contributed by atoms with Gasteiger partial charge in [0.1, 0.15) is 0 Å². The first kappa shape index (κ1) is 16.4. The number of carbonyl (C=O) groups excluding carboxylic acids is 1. The number of amides is 1. The van der Waals surface area contributed by atoms with Gasteiger partial charge in [0.2, 0.25) is 0 Å². The molecule has 0 unspecified atom stereocenters. The zero-order valence-electron chi connectivity index (χ0n) is 12.7. The van der Waals surface area contributed by atoms with Crippen LogP contribution < -0.4 is 5.32 Å². The normalized spacial score (nSPS) is 10.2. The maximum absolute atomic E-state index is 11.8. The largest absolute Gasteiger partial charge is 0.361 e. The van der Waals surface area contributed by atoms with Gasteiger partial charge in [-0.2, -0.15) is 0 Å². The molecule has 0 aliphatic carbocycles. The van der Waals surface area contributed by atoms with Crippen LogP contribution >= 0.6 is 23.2 Å². The van der Waals surface area contributed by atoms with Crippen LogP contribution in [-0.4, -0.2) is 17.4 Å². The van der Waals surface area contributed by atoms with Crippen molar-refractivity contribution in [2.75, 3.05) is 6.54 Å². The molecule has 2 aromatic carbocycles. The summed E-state index contributed by atoms with van der Waals surface area (Å²) >= 11 is 11.8. The lowest BCUT2D eigenvalue weighted by Gasteiger charge is -2.00. The average molecular weight is 357 g/mol. The third-order valence-corrected chi connectivity index (χ3v) is 4.14. The van der Waals surface area contributed by atoms with Gasteiger partial charge in [-0.05, 0) is 36.2 Å². The number of fused-ring (bicyclic) bond motifs is 1. The van der Waals surface area contributed by atoms with Crippen LogP contribution in [-0.2, 0) is 11.2 Å². The van der Waals surface area contributed by atoms with Gasteiger partial charge in [-0.25, -0.2) is 0 Å². The molecule has 3 nitrogen and oxygen atoms in total. The second kappa shape index (κ2) is 7.44. The number of carbonyl (C=O) groups is 1. The van der Waals surface area contributed by atoms with E-state index in [1.54, 1.807) is 18.2 Å². The molecule has 0 fully saturated rings. The van der Waals surface area contributed by atoms with Gasteiger partial charge in [-0.3, -0.25) is 4.79 Å². The summed E-state index contributed by atoms with van der Waals surface area (Å²) in [6, 6.07) is 13.1. The first-order valence-electron chi connectivity index (χ1n) is 7.43. The number of halogens is 2. The Morgan fingerprint density at radius 1 is 1.17 bits per heavy atom. The number of H-pyrrole nitrogens is 1. The number of nitrogens with one attached hydrogen (secondary N) is 2. The van der Waals surface area contributed by atoms with Crippen LogP contribution in [0.4, 0.5) is 0 Å². The maximum atomic E-state index is 11.8. The van der Waals surface area contributed by atoms with Crippen LogP contribution in [0.3, 0.4) is 0 Å². The summed E-state index contributed by atoms with van der Waals surface area (Å²) in [5, 5.41) is 4.93. The van der Waals surface area contributed by atoms with E-state index >= 15 is 0 Å². The van der Waals surface area contributed by atoms with E-state index < -0.39 is 0 Å². The minimum Gasteiger partial charge on any atom is -0.361 e. The minimum atomic E-state index is -0.333. The highest BCUT2D eigenvalue weighted by molar-refractivity contribution is 6.35. The molecular weight excluding hydrogens is 343 g/mol. The van der Waals surface area contributed by atoms with Crippen molar-refractivity contribution < 1.29 is 4.79 Å². The standard InChI is InChI=1S/C19H14Cl2N2O/c20-15-7-5-13(17(21)11-15)6-8-19(24)22-10-9-14-12-23-18-4-2-1-3-16(14)18/h1-5,7,11-12,23H,9-10H2,(H,22,24). The highest BCUT2D eigenvalue weighted by Gasteiger charge is 2.03. The predicted octanol–water partition coefficient (Wildman–Crippen LogP) is 4.19. The van der Waals surface area contributed by atoms with E-state index in [1.165, 1.54) is 10.9 Å². The number of hydrogen-bond donors (Lipinski definition) is 2. The molecule has 3 rings (SSSR count). The molecule has 120 valence electrons. The molecule has 0 aliphatic rings. The summed E-state index contributed by atoms with van der Waals surface area (Å²) in [4.78, 5) is 15.0. The van der Waals surface area contributed by atoms with Crippen LogP contribution in [0.15, 0.2) is 48.7 Å². The second-order valence-electron chi connectivity index (χ2n) is 5.24. The molecule has 0 atom stereocenters. The van der Waals surface area contributed by atoms with E-state index in [-0.39, 0.29) is 5.91 Å². The fourth-order valence-corrected chi connectivity index (χ4v) is 2.86. The molecule has 0 radical (unpaired) electrons. The van der Waals surface area contributed by atoms with Crippen molar-refractivity contribution in [2.45, 2.75) is 6.42 Å².